The molecule has 2 N–H and O–H groups in total. The summed E-state index contributed by atoms with van der Waals surface area (Å²) in [5.74, 6) is 0.409. The van der Waals surface area contributed by atoms with Crippen molar-refractivity contribution in [2.45, 2.75) is 57.9 Å². The van der Waals surface area contributed by atoms with E-state index in [4.69, 9.17) is 0 Å². The Labute approximate surface area is 120 Å². The normalized spacial score (nSPS) is 29.2. The first-order chi connectivity index (χ1) is 9.46. The molecule has 0 spiro atoms. The van der Waals surface area contributed by atoms with E-state index in [9.17, 15) is 14.7 Å². The van der Waals surface area contributed by atoms with Crippen molar-refractivity contribution >= 4 is 12.0 Å². The van der Waals surface area contributed by atoms with Crippen LogP contribution < -0.4 is 5.32 Å². The van der Waals surface area contributed by atoms with Gasteiger partial charge >= 0.3 is 12.0 Å². The molecule has 1 aliphatic heterocycles. The smallest absolute Gasteiger partial charge is 0.329 e. The Bertz CT molecular complexity index is 385. The summed E-state index contributed by atoms with van der Waals surface area (Å²) < 4.78 is 0. The van der Waals surface area contributed by atoms with Crippen molar-refractivity contribution in [2.24, 2.45) is 11.8 Å². The van der Waals surface area contributed by atoms with Gasteiger partial charge in [-0.3, -0.25) is 0 Å². The van der Waals surface area contributed by atoms with Crippen LogP contribution in [0.15, 0.2) is 0 Å². The minimum absolute atomic E-state index is 0.222. The fourth-order valence-corrected chi connectivity index (χ4v) is 3.39. The summed E-state index contributed by atoms with van der Waals surface area (Å²) in [7, 11) is 0. The van der Waals surface area contributed by atoms with Crippen LogP contribution in [0.2, 0.25) is 0 Å². The number of piperidine rings is 1. The zero-order valence-corrected chi connectivity index (χ0v) is 12.5. The maximum atomic E-state index is 12.3. The monoisotopic (exact) mass is 282 g/mol. The third kappa shape index (κ3) is 3.07. The molecule has 1 aliphatic carbocycles. The van der Waals surface area contributed by atoms with Gasteiger partial charge in [-0.25, -0.2) is 9.59 Å². The van der Waals surface area contributed by atoms with Gasteiger partial charge < -0.3 is 15.3 Å². The number of likely N-dealkylation sites (tertiary alicyclic amines) is 1. The van der Waals surface area contributed by atoms with E-state index in [-0.39, 0.29) is 6.03 Å². The third-order valence-electron chi connectivity index (χ3n) is 5.14. The summed E-state index contributed by atoms with van der Waals surface area (Å²) in [5.41, 5.74) is -1.17. The molecule has 114 valence electrons. The van der Waals surface area contributed by atoms with Crippen LogP contribution in [-0.2, 0) is 4.79 Å². The van der Waals surface area contributed by atoms with Gasteiger partial charge in [0.25, 0.3) is 0 Å². The Hall–Kier alpha value is -1.26. The Morgan fingerprint density at radius 2 is 1.90 bits per heavy atom. The number of rotatable bonds is 3. The fourth-order valence-electron chi connectivity index (χ4n) is 3.39. The molecule has 0 aromatic rings. The van der Waals surface area contributed by atoms with E-state index in [2.05, 4.69) is 5.32 Å². The maximum Gasteiger partial charge on any atom is 0.329 e. The zero-order valence-electron chi connectivity index (χ0n) is 12.5. The molecule has 5 nitrogen and oxygen atoms in total. The molecule has 1 saturated heterocycles. The van der Waals surface area contributed by atoms with Crippen molar-refractivity contribution in [3.05, 3.63) is 0 Å². The zero-order chi connectivity index (χ0) is 14.8. The molecule has 3 atom stereocenters. The van der Waals surface area contributed by atoms with Crippen LogP contribution in [0.4, 0.5) is 4.79 Å². The topological polar surface area (TPSA) is 69.6 Å². The molecule has 0 aromatic heterocycles. The largest absolute Gasteiger partial charge is 0.480 e. The second-order valence-electron chi connectivity index (χ2n) is 6.46. The summed E-state index contributed by atoms with van der Waals surface area (Å²) in [4.78, 5) is 25.4. The number of hydrogen-bond acceptors (Lipinski definition) is 2. The van der Waals surface area contributed by atoms with E-state index in [1.165, 1.54) is 25.7 Å². The highest BCUT2D eigenvalue weighted by Gasteiger charge is 2.37. The molecular formula is C15H26N2O3. The highest BCUT2D eigenvalue weighted by molar-refractivity contribution is 5.85. The number of carbonyl (C=O) groups excluding carboxylic acids is 1. The lowest BCUT2D eigenvalue weighted by atomic mass is 9.75. The molecule has 1 saturated carbocycles. The molecule has 2 fully saturated rings. The number of carboxylic acids is 1. The van der Waals surface area contributed by atoms with E-state index in [1.54, 1.807) is 13.8 Å². The Morgan fingerprint density at radius 3 is 2.50 bits per heavy atom. The molecule has 2 amide bonds. The molecule has 2 rings (SSSR count). The minimum Gasteiger partial charge on any atom is -0.480 e. The van der Waals surface area contributed by atoms with Crippen LogP contribution in [0, 0.1) is 11.8 Å². The first kappa shape index (κ1) is 15.1. The number of urea groups is 1. The van der Waals surface area contributed by atoms with Gasteiger partial charge in [-0.1, -0.05) is 26.2 Å². The summed E-state index contributed by atoms with van der Waals surface area (Å²) in [6, 6.07) is -0.222. The van der Waals surface area contributed by atoms with Crippen LogP contribution in [-0.4, -0.2) is 40.6 Å². The van der Waals surface area contributed by atoms with E-state index < -0.39 is 11.5 Å². The lowest BCUT2D eigenvalue weighted by Gasteiger charge is -2.42. The van der Waals surface area contributed by atoms with Crippen LogP contribution in [0.3, 0.4) is 0 Å². The van der Waals surface area contributed by atoms with Crippen molar-refractivity contribution in [3.8, 4) is 0 Å². The molecule has 0 radical (unpaired) electrons. The Kier molecular flexibility index (Phi) is 4.55. The second kappa shape index (κ2) is 6.02. The first-order valence-corrected chi connectivity index (χ1v) is 7.76. The van der Waals surface area contributed by atoms with Crippen LogP contribution in [0.1, 0.15) is 52.4 Å². The van der Waals surface area contributed by atoms with Crippen LogP contribution >= 0.6 is 0 Å². The number of amides is 2. The fraction of sp³-hybridized carbons (Fsp3) is 0.867. The van der Waals surface area contributed by atoms with Gasteiger partial charge in [0, 0.05) is 13.1 Å². The van der Waals surface area contributed by atoms with E-state index in [0.717, 1.165) is 25.4 Å². The standard InChI is InChI=1S/C15H26N2O3/c1-3-15(2,13(18)19)16-14(20)17-9-8-11-6-4-5-7-12(11)10-17/h11-12H,3-10H2,1-2H3,(H,16,20)(H,18,19). The number of nitrogens with zero attached hydrogens (tertiary/aromatic N) is 1. The highest BCUT2D eigenvalue weighted by atomic mass is 16.4. The van der Waals surface area contributed by atoms with Gasteiger partial charge in [-0.15, -0.1) is 0 Å². The molecule has 3 unspecified atom stereocenters. The van der Waals surface area contributed by atoms with Crippen molar-refractivity contribution in [1.82, 2.24) is 10.2 Å². The number of fused-ring (bicyclic) bond motifs is 1. The van der Waals surface area contributed by atoms with Crippen molar-refractivity contribution in [1.29, 1.82) is 0 Å². The van der Waals surface area contributed by atoms with E-state index in [0.29, 0.717) is 12.3 Å². The first-order valence-electron chi connectivity index (χ1n) is 7.76. The third-order valence-corrected chi connectivity index (χ3v) is 5.14. The SMILES string of the molecule is CCC(C)(NC(=O)N1CCC2CCCCC2C1)C(=O)O. The molecule has 20 heavy (non-hydrogen) atoms. The number of nitrogens with one attached hydrogen (secondary N) is 1. The maximum absolute atomic E-state index is 12.3. The van der Waals surface area contributed by atoms with Crippen molar-refractivity contribution < 1.29 is 14.7 Å². The molecule has 2 aliphatic rings. The molecule has 0 bridgehead atoms. The quantitative estimate of drug-likeness (QED) is 0.835. The van der Waals surface area contributed by atoms with E-state index >= 15 is 0 Å². The summed E-state index contributed by atoms with van der Waals surface area (Å²) >= 11 is 0. The Balaban J connectivity index is 1.94. The Morgan fingerprint density at radius 1 is 1.25 bits per heavy atom. The lowest BCUT2D eigenvalue weighted by Crippen LogP contribution is -2.57. The van der Waals surface area contributed by atoms with Crippen molar-refractivity contribution in [3.63, 3.8) is 0 Å². The van der Waals surface area contributed by atoms with Crippen molar-refractivity contribution in [2.75, 3.05) is 13.1 Å². The van der Waals surface area contributed by atoms with E-state index in [1.807, 2.05) is 4.90 Å². The van der Waals surface area contributed by atoms with Gasteiger partial charge in [-0.2, -0.15) is 0 Å². The van der Waals surface area contributed by atoms with Crippen LogP contribution in [0.25, 0.3) is 0 Å². The number of aliphatic carboxylic acids is 1. The molecule has 1 heterocycles. The second-order valence-corrected chi connectivity index (χ2v) is 6.46. The predicted molar refractivity (Wildman–Crippen MR) is 76.5 cm³/mol. The van der Waals surface area contributed by atoms with Gasteiger partial charge in [0.15, 0.2) is 0 Å². The molecular weight excluding hydrogens is 256 g/mol. The van der Waals surface area contributed by atoms with Gasteiger partial charge in [0.05, 0.1) is 0 Å². The number of carboxylic acid groups (broad SMARTS) is 1. The highest BCUT2D eigenvalue weighted by Crippen LogP contribution is 2.36. The number of hydrogen-bond donors (Lipinski definition) is 2. The molecule has 5 heteroatoms. The summed E-state index contributed by atoms with van der Waals surface area (Å²) in [5, 5.41) is 11.9. The average Bonchev–Trinajstić information content (AvgIpc) is 2.46. The lowest BCUT2D eigenvalue weighted by molar-refractivity contribution is -0.143. The average molecular weight is 282 g/mol. The predicted octanol–water partition coefficient (Wildman–Crippen LogP) is 2.46. The molecule has 0 aromatic carbocycles. The van der Waals surface area contributed by atoms with Gasteiger partial charge in [0.1, 0.15) is 5.54 Å². The minimum atomic E-state index is -1.17. The summed E-state index contributed by atoms with van der Waals surface area (Å²) in [6.45, 7) is 4.89. The van der Waals surface area contributed by atoms with Gasteiger partial charge in [0.2, 0.25) is 0 Å². The van der Waals surface area contributed by atoms with Crippen LogP contribution in [0.5, 0.6) is 0 Å². The number of carbonyl (C=O) groups is 2. The summed E-state index contributed by atoms with van der Waals surface area (Å²) in [6.07, 6.45) is 6.53. The van der Waals surface area contributed by atoms with Gasteiger partial charge in [-0.05, 0) is 38.0 Å².